The zero-order valence-electron chi connectivity index (χ0n) is 11.9. The van der Waals surface area contributed by atoms with Gasteiger partial charge in [0.25, 0.3) is 0 Å². The van der Waals surface area contributed by atoms with E-state index in [0.717, 1.165) is 36.5 Å². The number of aryl methyl sites for hydroxylation is 1. The van der Waals surface area contributed by atoms with E-state index in [4.69, 9.17) is 5.73 Å². The van der Waals surface area contributed by atoms with Crippen LogP contribution in [-0.4, -0.2) is 9.78 Å². The van der Waals surface area contributed by atoms with Crippen LogP contribution >= 0.6 is 11.3 Å². The first-order chi connectivity index (χ1) is 9.74. The molecule has 2 heterocycles. The molecule has 0 unspecified atom stereocenters. The lowest BCUT2D eigenvalue weighted by atomic mass is 10.1. The van der Waals surface area contributed by atoms with Crippen molar-refractivity contribution in [2.75, 3.05) is 5.73 Å². The van der Waals surface area contributed by atoms with Crippen molar-refractivity contribution in [3.63, 3.8) is 0 Å². The summed E-state index contributed by atoms with van der Waals surface area (Å²) in [7, 11) is 0. The summed E-state index contributed by atoms with van der Waals surface area (Å²) >= 11 is 1.79. The summed E-state index contributed by atoms with van der Waals surface area (Å²) < 4.78 is 3.40. The van der Waals surface area contributed by atoms with E-state index < -0.39 is 0 Å². The monoisotopic (exact) mass is 285 g/mol. The van der Waals surface area contributed by atoms with Gasteiger partial charge in [-0.3, -0.25) is 4.68 Å². The van der Waals surface area contributed by atoms with Gasteiger partial charge in [-0.05, 0) is 35.2 Å². The van der Waals surface area contributed by atoms with Crippen LogP contribution in [0.1, 0.15) is 30.8 Å². The molecule has 3 aromatic rings. The molecule has 0 amide bonds. The molecule has 0 aliphatic rings. The molecule has 0 saturated carbocycles. The Hall–Kier alpha value is -1.81. The number of rotatable bonds is 4. The van der Waals surface area contributed by atoms with Crippen molar-refractivity contribution in [2.45, 2.75) is 33.2 Å². The largest absolute Gasteiger partial charge is 0.396 e. The van der Waals surface area contributed by atoms with Gasteiger partial charge in [0.05, 0.1) is 23.6 Å². The van der Waals surface area contributed by atoms with Gasteiger partial charge in [0.1, 0.15) is 0 Å². The summed E-state index contributed by atoms with van der Waals surface area (Å²) in [5.74, 6) is 0. The van der Waals surface area contributed by atoms with Crippen molar-refractivity contribution in [1.29, 1.82) is 0 Å². The summed E-state index contributed by atoms with van der Waals surface area (Å²) in [6, 6.07) is 8.52. The molecule has 0 aliphatic carbocycles. The van der Waals surface area contributed by atoms with Crippen LogP contribution in [0.25, 0.3) is 10.1 Å². The van der Waals surface area contributed by atoms with E-state index in [-0.39, 0.29) is 0 Å². The Kier molecular flexibility index (Phi) is 3.49. The number of nitrogen functional groups attached to an aromatic ring is 1. The lowest BCUT2D eigenvalue weighted by molar-refractivity contribution is 0.644. The molecule has 0 saturated heterocycles. The zero-order valence-corrected chi connectivity index (χ0v) is 12.7. The van der Waals surface area contributed by atoms with Crippen molar-refractivity contribution >= 4 is 27.1 Å². The molecule has 0 aliphatic heterocycles. The van der Waals surface area contributed by atoms with Crippen LogP contribution in [0.4, 0.5) is 5.69 Å². The minimum atomic E-state index is 0.803. The van der Waals surface area contributed by atoms with Gasteiger partial charge in [0.2, 0.25) is 0 Å². The Labute approximate surface area is 123 Å². The second-order valence-corrected chi connectivity index (χ2v) is 5.84. The number of anilines is 1. The highest BCUT2D eigenvalue weighted by atomic mass is 32.1. The van der Waals surface area contributed by atoms with Crippen LogP contribution in [0.3, 0.4) is 0 Å². The number of benzene rings is 1. The van der Waals surface area contributed by atoms with Crippen LogP contribution in [0.5, 0.6) is 0 Å². The van der Waals surface area contributed by atoms with Crippen molar-refractivity contribution < 1.29 is 0 Å². The van der Waals surface area contributed by atoms with E-state index in [2.05, 4.69) is 53.3 Å². The van der Waals surface area contributed by atoms with Gasteiger partial charge < -0.3 is 5.73 Å². The molecular weight excluding hydrogens is 266 g/mol. The number of nitrogens with two attached hydrogens (primary N) is 1. The van der Waals surface area contributed by atoms with Crippen molar-refractivity contribution in [2.24, 2.45) is 0 Å². The minimum Gasteiger partial charge on any atom is -0.396 e. The number of hydrogen-bond acceptors (Lipinski definition) is 3. The molecule has 0 spiro atoms. The van der Waals surface area contributed by atoms with Gasteiger partial charge in [-0.15, -0.1) is 11.3 Å². The van der Waals surface area contributed by atoms with Gasteiger partial charge in [0.15, 0.2) is 0 Å². The molecule has 0 bridgehead atoms. The summed E-state index contributed by atoms with van der Waals surface area (Å²) in [6.45, 7) is 5.04. The van der Waals surface area contributed by atoms with Gasteiger partial charge in [-0.25, -0.2) is 0 Å². The smallest absolute Gasteiger partial charge is 0.0854 e. The predicted molar refractivity (Wildman–Crippen MR) is 86.3 cm³/mol. The summed E-state index contributed by atoms with van der Waals surface area (Å²) in [4.78, 5) is 0. The average molecular weight is 285 g/mol. The number of nitrogens with zero attached hydrogens (tertiary/aromatic N) is 2. The maximum absolute atomic E-state index is 6.19. The third kappa shape index (κ3) is 2.10. The van der Waals surface area contributed by atoms with Crippen LogP contribution < -0.4 is 5.73 Å². The van der Waals surface area contributed by atoms with Crippen molar-refractivity contribution in [1.82, 2.24) is 9.78 Å². The molecule has 4 heteroatoms. The molecule has 0 atom stereocenters. The highest BCUT2D eigenvalue weighted by Crippen LogP contribution is 2.27. The fourth-order valence-electron chi connectivity index (χ4n) is 2.65. The number of fused-ring (bicyclic) bond motifs is 1. The molecule has 20 heavy (non-hydrogen) atoms. The summed E-state index contributed by atoms with van der Waals surface area (Å²) in [5, 5.41) is 8.23. The predicted octanol–water partition coefficient (Wildman–Crippen LogP) is 3.85. The fourth-order valence-corrected chi connectivity index (χ4v) is 3.60. The maximum Gasteiger partial charge on any atom is 0.0854 e. The van der Waals surface area contributed by atoms with E-state index >= 15 is 0 Å². The Balaban J connectivity index is 2.03. The zero-order chi connectivity index (χ0) is 14.1. The number of hydrogen-bond donors (Lipinski definition) is 1. The number of thiophene rings is 1. The minimum absolute atomic E-state index is 0.803. The molecule has 3 nitrogen and oxygen atoms in total. The second kappa shape index (κ2) is 5.29. The quantitative estimate of drug-likeness (QED) is 0.791. The van der Waals surface area contributed by atoms with Gasteiger partial charge in [0, 0.05) is 4.70 Å². The standard InChI is InChI=1S/C16H19N3S/c1-3-13-16(17)14(4-2)19(18-13)9-11-10-20-15-8-6-5-7-12(11)15/h5-8,10H,3-4,9,17H2,1-2H3. The number of aromatic nitrogens is 2. The highest BCUT2D eigenvalue weighted by Gasteiger charge is 2.14. The van der Waals surface area contributed by atoms with Crippen LogP contribution in [0.15, 0.2) is 29.6 Å². The third-order valence-corrected chi connectivity index (χ3v) is 4.74. The van der Waals surface area contributed by atoms with Gasteiger partial charge in [-0.1, -0.05) is 32.0 Å². The van der Waals surface area contributed by atoms with Gasteiger partial charge in [-0.2, -0.15) is 5.10 Å². The van der Waals surface area contributed by atoms with Crippen LogP contribution in [0.2, 0.25) is 0 Å². The second-order valence-electron chi connectivity index (χ2n) is 4.93. The summed E-state index contributed by atoms with van der Waals surface area (Å²) in [6.07, 6.45) is 1.80. The molecule has 104 valence electrons. The first-order valence-electron chi connectivity index (χ1n) is 7.03. The normalized spacial score (nSPS) is 11.3. The van der Waals surface area contributed by atoms with E-state index in [1.807, 2.05) is 0 Å². The summed E-state index contributed by atoms with van der Waals surface area (Å²) in [5.41, 5.74) is 10.5. The SMILES string of the molecule is CCc1nn(Cc2csc3ccccc23)c(CC)c1N. The molecule has 0 fully saturated rings. The molecule has 2 aromatic heterocycles. The van der Waals surface area contributed by atoms with Gasteiger partial charge >= 0.3 is 0 Å². The first-order valence-corrected chi connectivity index (χ1v) is 7.91. The first kappa shape index (κ1) is 13.2. The maximum atomic E-state index is 6.19. The Morgan fingerprint density at radius 1 is 1.20 bits per heavy atom. The molecule has 1 aromatic carbocycles. The third-order valence-electron chi connectivity index (χ3n) is 3.73. The van der Waals surface area contributed by atoms with Crippen LogP contribution in [-0.2, 0) is 19.4 Å². The topological polar surface area (TPSA) is 43.8 Å². The molecular formula is C16H19N3S. The van der Waals surface area contributed by atoms with E-state index in [9.17, 15) is 0 Å². The lowest BCUT2D eigenvalue weighted by Gasteiger charge is -2.05. The van der Waals surface area contributed by atoms with E-state index in [1.165, 1.54) is 15.6 Å². The Bertz CT molecular complexity index is 739. The van der Waals surface area contributed by atoms with Crippen LogP contribution in [0, 0.1) is 0 Å². The average Bonchev–Trinajstić information content (AvgIpc) is 3.01. The van der Waals surface area contributed by atoms with Crippen molar-refractivity contribution in [3.05, 3.63) is 46.6 Å². The molecule has 2 N–H and O–H groups in total. The Morgan fingerprint density at radius 2 is 2.00 bits per heavy atom. The van der Waals surface area contributed by atoms with E-state index in [0.29, 0.717) is 0 Å². The lowest BCUT2D eigenvalue weighted by Crippen LogP contribution is -2.06. The molecule has 0 radical (unpaired) electrons. The highest BCUT2D eigenvalue weighted by molar-refractivity contribution is 7.17. The van der Waals surface area contributed by atoms with E-state index in [1.54, 1.807) is 11.3 Å². The Morgan fingerprint density at radius 3 is 2.75 bits per heavy atom. The fraction of sp³-hybridized carbons (Fsp3) is 0.312. The van der Waals surface area contributed by atoms with Crippen molar-refractivity contribution in [3.8, 4) is 0 Å². The molecule has 3 rings (SSSR count).